The van der Waals surface area contributed by atoms with E-state index in [9.17, 15) is 4.79 Å². The van der Waals surface area contributed by atoms with Crippen molar-refractivity contribution in [2.24, 2.45) is 17.8 Å². The van der Waals surface area contributed by atoms with Crippen LogP contribution >= 0.6 is 0 Å². The maximum Gasteiger partial charge on any atom is 0.223 e. The number of ether oxygens (including phenoxy) is 1. The Morgan fingerprint density at radius 2 is 2.10 bits per heavy atom. The smallest absolute Gasteiger partial charge is 0.223 e. The third-order valence-corrected chi connectivity index (χ3v) is 4.88. The van der Waals surface area contributed by atoms with Gasteiger partial charge in [-0.05, 0) is 57.0 Å². The summed E-state index contributed by atoms with van der Waals surface area (Å²) in [4.78, 5) is 12.1. The first-order valence-corrected chi connectivity index (χ1v) is 8.11. The van der Waals surface area contributed by atoms with Crippen molar-refractivity contribution in [3.05, 3.63) is 12.2 Å². The second kappa shape index (κ2) is 6.72. The fraction of sp³-hybridized carbons (Fsp3) is 0.812. The lowest BCUT2D eigenvalue weighted by Crippen LogP contribution is -2.35. The normalized spacial score (nSPS) is 32.7. The molecule has 3 rings (SSSR count). The topological polar surface area (TPSA) is 50.4 Å². The average molecular weight is 278 g/mol. The molecule has 112 valence electrons. The number of rotatable bonds is 6. The van der Waals surface area contributed by atoms with Crippen LogP contribution in [-0.4, -0.2) is 38.3 Å². The van der Waals surface area contributed by atoms with Crippen molar-refractivity contribution in [3.8, 4) is 0 Å². The van der Waals surface area contributed by atoms with E-state index < -0.39 is 0 Å². The number of piperidine rings is 1. The molecule has 3 atom stereocenters. The Morgan fingerprint density at radius 3 is 2.80 bits per heavy atom. The van der Waals surface area contributed by atoms with E-state index >= 15 is 0 Å². The van der Waals surface area contributed by atoms with E-state index in [2.05, 4.69) is 22.8 Å². The van der Waals surface area contributed by atoms with Crippen molar-refractivity contribution < 1.29 is 9.53 Å². The van der Waals surface area contributed by atoms with Crippen LogP contribution in [0, 0.1) is 17.8 Å². The molecule has 0 aromatic heterocycles. The molecule has 2 N–H and O–H groups in total. The van der Waals surface area contributed by atoms with Gasteiger partial charge in [-0.1, -0.05) is 12.2 Å². The summed E-state index contributed by atoms with van der Waals surface area (Å²) >= 11 is 0. The van der Waals surface area contributed by atoms with Gasteiger partial charge in [-0.25, -0.2) is 0 Å². The van der Waals surface area contributed by atoms with E-state index in [-0.39, 0.29) is 11.8 Å². The van der Waals surface area contributed by atoms with Crippen LogP contribution in [0.1, 0.15) is 32.1 Å². The highest BCUT2D eigenvalue weighted by atomic mass is 16.5. The van der Waals surface area contributed by atoms with Crippen molar-refractivity contribution in [2.45, 2.75) is 38.2 Å². The number of fused-ring (bicyclic) bond motifs is 2. The molecule has 20 heavy (non-hydrogen) atoms. The highest BCUT2D eigenvalue weighted by Gasteiger charge is 2.39. The monoisotopic (exact) mass is 278 g/mol. The van der Waals surface area contributed by atoms with E-state index in [0.29, 0.717) is 17.9 Å². The van der Waals surface area contributed by atoms with Gasteiger partial charge in [0.05, 0.1) is 6.10 Å². The zero-order chi connectivity index (χ0) is 13.8. The Labute approximate surface area is 121 Å². The molecule has 4 heteroatoms. The Morgan fingerprint density at radius 1 is 1.25 bits per heavy atom. The molecular weight excluding hydrogens is 252 g/mol. The van der Waals surface area contributed by atoms with E-state index in [1.54, 1.807) is 0 Å². The molecule has 1 heterocycles. The Hall–Kier alpha value is -0.870. The molecule has 1 saturated heterocycles. The maximum absolute atomic E-state index is 12.1. The Bertz CT molecular complexity index is 363. The molecule has 1 aliphatic heterocycles. The van der Waals surface area contributed by atoms with Gasteiger partial charge in [-0.15, -0.1) is 0 Å². The second-order valence-electron chi connectivity index (χ2n) is 6.35. The maximum atomic E-state index is 12.1. The first kappa shape index (κ1) is 14.1. The van der Waals surface area contributed by atoms with Crippen LogP contribution in [0.25, 0.3) is 0 Å². The standard InChI is InChI=1S/C16H26N2O2/c19-16(15-11-12-2-3-13(15)10-12)18-6-1-9-20-14-4-7-17-8-5-14/h2-3,12-15,17H,1,4-11H2,(H,18,19). The summed E-state index contributed by atoms with van der Waals surface area (Å²) < 4.78 is 5.84. The van der Waals surface area contributed by atoms with Gasteiger partial charge in [0.25, 0.3) is 0 Å². The predicted molar refractivity (Wildman–Crippen MR) is 78.3 cm³/mol. The number of hydrogen-bond donors (Lipinski definition) is 2. The molecule has 1 saturated carbocycles. The molecule has 0 radical (unpaired) electrons. The van der Waals surface area contributed by atoms with Gasteiger partial charge in [0.1, 0.15) is 0 Å². The van der Waals surface area contributed by atoms with Gasteiger partial charge in [0, 0.05) is 19.1 Å². The second-order valence-corrected chi connectivity index (χ2v) is 6.35. The van der Waals surface area contributed by atoms with E-state index in [1.165, 1.54) is 6.42 Å². The number of hydrogen-bond acceptors (Lipinski definition) is 3. The average Bonchev–Trinajstić information content (AvgIpc) is 3.10. The number of allylic oxidation sites excluding steroid dienone is 2. The first-order chi connectivity index (χ1) is 9.83. The molecular formula is C16H26N2O2. The van der Waals surface area contributed by atoms with Gasteiger partial charge in [-0.2, -0.15) is 0 Å². The lowest BCUT2D eigenvalue weighted by molar-refractivity contribution is -0.125. The lowest BCUT2D eigenvalue weighted by atomic mass is 9.93. The summed E-state index contributed by atoms with van der Waals surface area (Å²) in [6.45, 7) is 3.65. The summed E-state index contributed by atoms with van der Waals surface area (Å²) in [5.74, 6) is 1.66. The molecule has 2 aliphatic carbocycles. The number of carbonyl (C=O) groups excluding carboxylic acids is 1. The van der Waals surface area contributed by atoms with Crippen LogP contribution in [-0.2, 0) is 9.53 Å². The molecule has 3 unspecified atom stereocenters. The van der Waals surface area contributed by atoms with Crippen LogP contribution in [0.3, 0.4) is 0 Å². The Balaban J connectivity index is 1.26. The third kappa shape index (κ3) is 3.41. The molecule has 0 aromatic rings. The van der Waals surface area contributed by atoms with Gasteiger partial charge in [0.2, 0.25) is 5.91 Å². The molecule has 0 aromatic carbocycles. The fourth-order valence-corrected chi connectivity index (χ4v) is 3.71. The molecule has 1 amide bonds. The van der Waals surface area contributed by atoms with Crippen molar-refractivity contribution in [1.29, 1.82) is 0 Å². The van der Waals surface area contributed by atoms with Crippen molar-refractivity contribution in [3.63, 3.8) is 0 Å². The number of nitrogens with one attached hydrogen (secondary N) is 2. The fourth-order valence-electron chi connectivity index (χ4n) is 3.71. The zero-order valence-corrected chi connectivity index (χ0v) is 12.1. The Kier molecular flexibility index (Phi) is 4.73. The van der Waals surface area contributed by atoms with Crippen molar-refractivity contribution in [1.82, 2.24) is 10.6 Å². The SMILES string of the molecule is O=C(NCCCOC1CCNCC1)C1CC2C=CC1C2. The molecule has 4 nitrogen and oxygen atoms in total. The van der Waals surface area contributed by atoms with Gasteiger partial charge in [0.15, 0.2) is 0 Å². The minimum atomic E-state index is 0.232. The summed E-state index contributed by atoms with van der Waals surface area (Å²) in [6.07, 6.45) is 10.3. The van der Waals surface area contributed by atoms with E-state index in [4.69, 9.17) is 4.74 Å². The minimum Gasteiger partial charge on any atom is -0.378 e. The van der Waals surface area contributed by atoms with Crippen LogP contribution in [0.4, 0.5) is 0 Å². The van der Waals surface area contributed by atoms with Crippen LogP contribution < -0.4 is 10.6 Å². The van der Waals surface area contributed by atoms with Crippen molar-refractivity contribution in [2.75, 3.05) is 26.2 Å². The zero-order valence-electron chi connectivity index (χ0n) is 12.1. The van der Waals surface area contributed by atoms with E-state index in [0.717, 1.165) is 51.9 Å². The molecule has 3 aliphatic rings. The number of amides is 1. The highest BCUT2D eigenvalue weighted by molar-refractivity contribution is 5.79. The van der Waals surface area contributed by atoms with Gasteiger partial charge < -0.3 is 15.4 Å². The molecule has 2 fully saturated rings. The van der Waals surface area contributed by atoms with Gasteiger partial charge in [-0.3, -0.25) is 4.79 Å². The summed E-state index contributed by atoms with van der Waals surface area (Å²) in [7, 11) is 0. The highest BCUT2D eigenvalue weighted by Crippen LogP contribution is 2.43. The number of carbonyl (C=O) groups is 1. The lowest BCUT2D eigenvalue weighted by Gasteiger charge is -2.23. The van der Waals surface area contributed by atoms with E-state index in [1.807, 2.05) is 0 Å². The molecule has 2 bridgehead atoms. The van der Waals surface area contributed by atoms with Crippen LogP contribution in [0.5, 0.6) is 0 Å². The predicted octanol–water partition coefficient (Wildman–Crippen LogP) is 1.47. The largest absolute Gasteiger partial charge is 0.378 e. The summed E-state index contributed by atoms with van der Waals surface area (Å²) in [5.41, 5.74) is 0. The third-order valence-electron chi connectivity index (χ3n) is 4.88. The summed E-state index contributed by atoms with van der Waals surface area (Å²) in [5, 5.41) is 6.42. The first-order valence-electron chi connectivity index (χ1n) is 8.11. The van der Waals surface area contributed by atoms with Crippen molar-refractivity contribution >= 4 is 5.91 Å². The summed E-state index contributed by atoms with van der Waals surface area (Å²) in [6, 6.07) is 0. The molecule has 0 spiro atoms. The van der Waals surface area contributed by atoms with Gasteiger partial charge >= 0.3 is 0 Å². The van der Waals surface area contributed by atoms with Crippen LogP contribution in [0.15, 0.2) is 12.2 Å². The van der Waals surface area contributed by atoms with Crippen LogP contribution in [0.2, 0.25) is 0 Å². The quantitative estimate of drug-likeness (QED) is 0.571. The minimum absolute atomic E-state index is 0.232.